The molecular formula is C60H94N16O16. The van der Waals surface area contributed by atoms with Gasteiger partial charge in [0.25, 0.3) is 11.8 Å². The molecule has 0 aliphatic carbocycles. The zero-order chi connectivity index (χ0) is 68.9. The van der Waals surface area contributed by atoms with E-state index in [4.69, 9.17) is 27.7 Å². The largest absolute Gasteiger partial charge is 0.508 e. The van der Waals surface area contributed by atoms with Crippen LogP contribution in [0.15, 0.2) is 42.5 Å². The summed E-state index contributed by atoms with van der Waals surface area (Å²) in [6, 6.07) is -2.94. The highest BCUT2D eigenvalue weighted by Crippen LogP contribution is 2.23. The molecule has 0 fully saturated rings. The smallest absolute Gasteiger partial charge is 0.313 e. The number of phenols is 1. The van der Waals surface area contributed by atoms with Gasteiger partial charge in [-0.2, -0.15) is 0 Å². The molecule has 3 rings (SSSR count). The van der Waals surface area contributed by atoms with Gasteiger partial charge in [-0.25, -0.2) is 0 Å². The number of nitrogens with two attached hydrogens (primary N) is 4. The van der Waals surface area contributed by atoms with Crippen molar-refractivity contribution in [2.75, 3.05) is 32.1 Å². The lowest BCUT2D eigenvalue weighted by Gasteiger charge is -2.30. The number of phenolic OH excluding ortho intramolecular Hbond substituents is 1. The number of carbonyl (C=O) groups is 13. The standard InChI is InChI=1S/C60H94N16O16/c1-30(2)27-42-52(83)65-25-11-13-38(62)50(81)72-46(31(3)4)56(87)68-41(21-23-45(64)79)55(86)74-48(33(7)77)58(89)73-47(32(5)6)57(88)71-43(28-34-16-19-36(78)20-17-34)53(84)66-26-12-14-39(63)51(82)76-75-49(80)37-29-35(18-22-44(37)92-8)67-59(90)60(91)69-40(54(85)70-42)15-9-10-24-61/h16-20,22,29-33,38-43,46-48,77-78H,9-15,21,23-28,61-63H2,1-8H3,(H2,64,79)(H,65,83)(H,66,84)(H,67,90)(H,68,87)(H,69,91)(H,70,85)(H,71,88)(H,72,81)(H,73,89)(H,74,86)(H,75,80)(H,76,82)/t33-,38+,39+,40+,41+,42+,43+,46+,47+,48+/m1/s1. The number of aromatic hydroxyl groups is 1. The van der Waals surface area contributed by atoms with E-state index in [1.165, 1.54) is 50.4 Å². The SMILES string of the molecule is COc1ccc2cc1C(=O)NNC(=O)[C@@H](N)CCCNC(=O)[C@H](Cc1ccc(O)cc1)NC(=O)[C@H](C(C)C)NC(=O)[C@H]([C@@H](C)O)NC(=O)[C@H](CCC(N)=O)NC(=O)[C@H](C(C)C)NC(=O)[C@@H](N)CCCNC(=O)[C@H](CC(C)C)NC(=O)[C@H](CCCCN)NC(=O)C(=O)N2. The number of amides is 13. The fraction of sp³-hybridized carbons (Fsp3) is 0.583. The maximum Gasteiger partial charge on any atom is 0.313 e. The maximum atomic E-state index is 14.2. The first-order chi connectivity index (χ1) is 43.4. The number of carbonyl (C=O) groups excluding carboxylic acids is 13. The highest BCUT2D eigenvalue weighted by atomic mass is 16.5. The quantitative estimate of drug-likeness (QED) is 0.0603. The fourth-order valence-corrected chi connectivity index (χ4v) is 9.35. The second-order valence-corrected chi connectivity index (χ2v) is 23.6. The Balaban J connectivity index is 2.01. The number of aliphatic hydroxyl groups is 1. The number of hydrogen-bond acceptors (Lipinski definition) is 19. The van der Waals surface area contributed by atoms with Crippen molar-refractivity contribution in [1.82, 2.24) is 58.7 Å². The molecule has 2 aromatic carbocycles. The Morgan fingerprint density at radius 3 is 1.62 bits per heavy atom. The second-order valence-electron chi connectivity index (χ2n) is 23.6. The van der Waals surface area contributed by atoms with E-state index >= 15 is 0 Å². The van der Waals surface area contributed by atoms with Gasteiger partial charge in [-0.1, -0.05) is 53.7 Å². The Labute approximate surface area is 534 Å². The van der Waals surface area contributed by atoms with E-state index in [1.807, 2.05) is 13.8 Å². The molecule has 92 heavy (non-hydrogen) atoms. The number of anilines is 1. The van der Waals surface area contributed by atoms with Crippen LogP contribution in [0.2, 0.25) is 0 Å². The monoisotopic (exact) mass is 1290 g/mol. The molecule has 0 unspecified atom stereocenters. The van der Waals surface area contributed by atoms with Gasteiger partial charge in [0.05, 0.1) is 30.9 Å². The predicted octanol–water partition coefficient (Wildman–Crippen LogP) is -3.67. The average Bonchev–Trinajstić information content (AvgIpc) is 1.01. The third-order valence-corrected chi connectivity index (χ3v) is 14.7. The minimum atomic E-state index is -1.79. The van der Waals surface area contributed by atoms with Crippen molar-refractivity contribution in [2.45, 2.75) is 180 Å². The van der Waals surface area contributed by atoms with E-state index in [0.717, 1.165) is 6.07 Å². The van der Waals surface area contributed by atoms with E-state index in [2.05, 4.69) is 64.0 Å². The topological polar surface area (TPSA) is 520 Å². The van der Waals surface area contributed by atoms with Crippen molar-refractivity contribution in [2.24, 2.45) is 40.7 Å². The van der Waals surface area contributed by atoms with Crippen molar-refractivity contribution in [3.63, 3.8) is 0 Å². The summed E-state index contributed by atoms with van der Waals surface area (Å²) >= 11 is 0. The summed E-state index contributed by atoms with van der Waals surface area (Å²) in [7, 11) is 1.25. The summed E-state index contributed by atoms with van der Waals surface area (Å²) in [6.45, 7) is 11.2. The molecule has 0 spiro atoms. The molecule has 32 heteroatoms. The molecule has 32 nitrogen and oxygen atoms in total. The summed E-state index contributed by atoms with van der Waals surface area (Å²) in [5.74, 6) is -13.6. The van der Waals surface area contributed by atoms with Crippen LogP contribution >= 0.6 is 0 Å². The molecule has 1 aliphatic rings. The summed E-state index contributed by atoms with van der Waals surface area (Å²) in [5.41, 5.74) is 28.2. The lowest BCUT2D eigenvalue weighted by atomic mass is 9.99. The first-order valence-electron chi connectivity index (χ1n) is 30.6. The highest BCUT2D eigenvalue weighted by molar-refractivity contribution is 6.40. The van der Waals surface area contributed by atoms with E-state index in [9.17, 15) is 72.5 Å². The Kier molecular flexibility index (Phi) is 32.4. The Morgan fingerprint density at radius 2 is 1.08 bits per heavy atom. The first-order valence-corrected chi connectivity index (χ1v) is 30.6. The number of benzene rings is 2. The van der Waals surface area contributed by atoms with Crippen LogP contribution in [0.3, 0.4) is 0 Å². The van der Waals surface area contributed by atoms with Crippen molar-refractivity contribution in [3.05, 3.63) is 53.6 Å². The number of hydrazine groups is 1. The summed E-state index contributed by atoms with van der Waals surface area (Å²) in [6.07, 6.45) is -1.61. The molecule has 22 N–H and O–H groups in total. The van der Waals surface area contributed by atoms with Crippen molar-refractivity contribution in [3.8, 4) is 11.5 Å². The molecule has 10 atom stereocenters. The van der Waals surface area contributed by atoms with E-state index < -0.39 is 162 Å². The van der Waals surface area contributed by atoms with Crippen LogP contribution in [0.1, 0.15) is 129 Å². The number of nitrogens with one attached hydrogen (secondary N) is 12. The molecular weight excluding hydrogens is 1200 g/mol. The molecule has 13 amide bonds. The number of hydrogen-bond donors (Lipinski definition) is 18. The van der Waals surface area contributed by atoms with Crippen molar-refractivity contribution >= 4 is 82.5 Å². The van der Waals surface area contributed by atoms with E-state index in [1.54, 1.807) is 27.7 Å². The Morgan fingerprint density at radius 1 is 0.565 bits per heavy atom. The average molecular weight is 1300 g/mol. The number of primary amides is 1. The van der Waals surface area contributed by atoms with Crippen molar-refractivity contribution < 1.29 is 77.3 Å². The van der Waals surface area contributed by atoms with Gasteiger partial charge in [-0.3, -0.25) is 73.2 Å². The summed E-state index contributed by atoms with van der Waals surface area (Å²) in [4.78, 5) is 177. The molecule has 0 saturated heterocycles. The Hall–Kier alpha value is -9.01. The number of fused-ring (bicyclic) bond motifs is 2. The zero-order valence-corrected chi connectivity index (χ0v) is 53.4. The minimum absolute atomic E-state index is 0.00907. The molecule has 2 bridgehead atoms. The van der Waals surface area contributed by atoms with Gasteiger partial charge in [0.15, 0.2) is 0 Å². The van der Waals surface area contributed by atoms with Gasteiger partial charge in [0, 0.05) is 31.6 Å². The number of unbranched alkanes of at least 4 members (excludes halogenated alkanes) is 1. The second kappa shape index (κ2) is 38.6. The summed E-state index contributed by atoms with van der Waals surface area (Å²) < 4.78 is 5.32. The number of aliphatic hydroxyl groups excluding tert-OH is 1. The normalized spacial score (nSPS) is 24.0. The first kappa shape index (κ1) is 77.2. The van der Waals surface area contributed by atoms with Crippen LogP contribution in [0, 0.1) is 17.8 Å². The third kappa shape index (κ3) is 26.1. The molecule has 0 aromatic heterocycles. The van der Waals surface area contributed by atoms with Gasteiger partial charge < -0.3 is 91.1 Å². The molecule has 0 radical (unpaired) electrons. The van der Waals surface area contributed by atoms with Crippen molar-refractivity contribution in [1.29, 1.82) is 0 Å². The summed E-state index contributed by atoms with van der Waals surface area (Å²) in [5, 5.41) is 46.3. The highest BCUT2D eigenvalue weighted by Gasteiger charge is 2.37. The molecule has 0 saturated carbocycles. The predicted molar refractivity (Wildman–Crippen MR) is 335 cm³/mol. The van der Waals surface area contributed by atoms with Gasteiger partial charge in [0.2, 0.25) is 53.2 Å². The number of rotatable bonds is 15. The number of methoxy groups -OCH3 is 1. The fourth-order valence-electron chi connectivity index (χ4n) is 9.35. The van der Waals surface area contributed by atoms with E-state index in [0.29, 0.717) is 18.4 Å². The third-order valence-electron chi connectivity index (χ3n) is 14.7. The maximum absolute atomic E-state index is 14.2. The van der Waals surface area contributed by atoms with E-state index in [-0.39, 0.29) is 93.2 Å². The van der Waals surface area contributed by atoms with Gasteiger partial charge in [0.1, 0.15) is 53.8 Å². The van der Waals surface area contributed by atoms with Crippen LogP contribution in [-0.2, 0) is 64.0 Å². The molecule has 510 valence electrons. The molecule has 1 heterocycles. The molecule has 2 aromatic rings. The lowest BCUT2D eigenvalue weighted by Crippen LogP contribution is -2.62. The lowest BCUT2D eigenvalue weighted by molar-refractivity contribution is -0.138. The van der Waals surface area contributed by atoms with Crippen LogP contribution in [0.5, 0.6) is 11.5 Å². The van der Waals surface area contributed by atoms with Crippen LogP contribution < -0.4 is 91.7 Å². The van der Waals surface area contributed by atoms with Crippen LogP contribution in [0.4, 0.5) is 5.69 Å². The zero-order valence-electron chi connectivity index (χ0n) is 53.4. The van der Waals surface area contributed by atoms with Gasteiger partial charge >= 0.3 is 11.8 Å². The number of ether oxygens (including phenoxy) is 1. The van der Waals surface area contributed by atoms with Gasteiger partial charge in [-0.15, -0.1) is 0 Å². The van der Waals surface area contributed by atoms with Crippen LogP contribution in [0.25, 0.3) is 0 Å². The Bertz CT molecular complexity index is 2890. The van der Waals surface area contributed by atoms with Gasteiger partial charge in [-0.05, 0) is 125 Å². The van der Waals surface area contributed by atoms with Crippen LogP contribution in [-0.4, -0.2) is 174 Å². The molecule has 1 aliphatic heterocycles. The minimum Gasteiger partial charge on any atom is -0.508 e.